The summed E-state index contributed by atoms with van der Waals surface area (Å²) in [5, 5.41) is 16.6. The molecule has 8 heteroatoms. The predicted molar refractivity (Wildman–Crippen MR) is 150 cm³/mol. The summed E-state index contributed by atoms with van der Waals surface area (Å²) in [7, 11) is 0. The molecule has 5 rings (SSSR count). The number of carboxylic acids is 1. The van der Waals surface area contributed by atoms with Gasteiger partial charge in [-0.25, -0.2) is 9.78 Å². The lowest BCUT2D eigenvalue weighted by Gasteiger charge is -2.43. The van der Waals surface area contributed by atoms with E-state index >= 15 is 0 Å². The van der Waals surface area contributed by atoms with Crippen molar-refractivity contribution in [2.75, 3.05) is 0 Å². The summed E-state index contributed by atoms with van der Waals surface area (Å²) in [5.74, 6) is -0.677. The van der Waals surface area contributed by atoms with Gasteiger partial charge < -0.3 is 15.2 Å². The average molecular weight is 535 g/mol. The molecule has 1 aliphatic rings. The molecule has 6 nitrogen and oxygen atoms in total. The Morgan fingerprint density at radius 1 is 1.24 bits per heavy atom. The second kappa shape index (κ2) is 10.3. The maximum absolute atomic E-state index is 13.6. The van der Waals surface area contributed by atoms with Crippen LogP contribution in [0.5, 0.6) is 5.75 Å². The van der Waals surface area contributed by atoms with Gasteiger partial charge in [0, 0.05) is 15.5 Å². The van der Waals surface area contributed by atoms with E-state index in [0.717, 1.165) is 50.1 Å². The third-order valence-electron chi connectivity index (χ3n) is 7.29. The van der Waals surface area contributed by atoms with Crippen LogP contribution >= 0.6 is 22.7 Å². The lowest BCUT2D eigenvalue weighted by molar-refractivity contribution is -0.143. The molecule has 1 fully saturated rings. The molecule has 2 unspecified atom stereocenters. The van der Waals surface area contributed by atoms with E-state index in [1.54, 1.807) is 28.7 Å². The summed E-state index contributed by atoms with van der Waals surface area (Å²) in [6, 6.07) is 12.4. The van der Waals surface area contributed by atoms with Crippen molar-refractivity contribution in [2.45, 2.75) is 52.2 Å². The van der Waals surface area contributed by atoms with Gasteiger partial charge in [-0.2, -0.15) is 0 Å². The van der Waals surface area contributed by atoms with Crippen LogP contribution in [0.15, 0.2) is 60.0 Å². The van der Waals surface area contributed by atoms with E-state index in [0.29, 0.717) is 23.7 Å². The predicted octanol–water partition coefficient (Wildman–Crippen LogP) is 7.05. The quantitative estimate of drug-likeness (QED) is 0.237. The van der Waals surface area contributed by atoms with Gasteiger partial charge in [0.2, 0.25) is 0 Å². The minimum atomic E-state index is -1.04. The molecule has 192 valence electrons. The maximum atomic E-state index is 13.6. The fourth-order valence-corrected chi connectivity index (χ4v) is 7.24. The Bertz CT molecular complexity index is 1460. The number of fused-ring (bicyclic) bond motifs is 2. The number of aliphatic carboxylic acids is 1. The van der Waals surface area contributed by atoms with Crippen LogP contribution in [0.1, 0.15) is 54.9 Å². The number of thiophene rings is 1. The number of carbonyl (C=O) groups excluding carboxylic acids is 1. The monoisotopic (exact) mass is 534 g/mol. The number of hydrogen-bond acceptors (Lipinski definition) is 6. The third kappa shape index (κ3) is 5.13. The Labute approximate surface area is 224 Å². The number of para-hydroxylation sites is 1. The van der Waals surface area contributed by atoms with Gasteiger partial charge in [0.1, 0.15) is 23.4 Å². The van der Waals surface area contributed by atoms with E-state index in [9.17, 15) is 14.7 Å². The number of carbonyl (C=O) groups is 2. The van der Waals surface area contributed by atoms with E-state index in [4.69, 9.17) is 4.74 Å². The van der Waals surface area contributed by atoms with Crippen LogP contribution in [0.2, 0.25) is 0 Å². The molecule has 1 amide bonds. The van der Waals surface area contributed by atoms with Crippen molar-refractivity contribution in [2.24, 2.45) is 11.3 Å². The Morgan fingerprint density at radius 2 is 2.05 bits per heavy atom. The summed E-state index contributed by atoms with van der Waals surface area (Å²) >= 11 is 3.12. The molecular weight excluding hydrogens is 504 g/mol. The van der Waals surface area contributed by atoms with Gasteiger partial charge >= 0.3 is 5.97 Å². The maximum Gasteiger partial charge on any atom is 0.326 e. The Hall–Kier alpha value is -3.23. The number of carboxylic acid groups (broad SMARTS) is 1. The van der Waals surface area contributed by atoms with Gasteiger partial charge in [0.15, 0.2) is 0 Å². The molecule has 2 aromatic heterocycles. The molecule has 0 bridgehead atoms. The number of thiazole rings is 1. The van der Waals surface area contributed by atoms with E-state index in [1.165, 1.54) is 0 Å². The fourth-order valence-electron chi connectivity index (χ4n) is 5.57. The first kappa shape index (κ1) is 25.4. The second-order valence-electron chi connectivity index (χ2n) is 10.1. The van der Waals surface area contributed by atoms with Crippen LogP contribution in [0, 0.1) is 11.3 Å². The first-order valence-electron chi connectivity index (χ1n) is 12.4. The van der Waals surface area contributed by atoms with Gasteiger partial charge in [-0.1, -0.05) is 44.6 Å². The molecule has 3 atom stereocenters. The van der Waals surface area contributed by atoms with E-state index in [-0.39, 0.29) is 6.61 Å². The zero-order chi connectivity index (χ0) is 26.2. The molecule has 37 heavy (non-hydrogen) atoms. The SMILES string of the molecule is C=C1CC(CC)C[C@](C)(C(NC(=O)c2ccc3sccc3c2OCc2nc3ccccc3s2)C(=O)O)C1. The standard InChI is InChI=1S/C29H30N2O4S2/c1-4-18-13-17(2)14-29(3,15-18)26(28(33)34)31-27(32)20-9-10-22-19(11-12-36-22)25(20)35-16-24-30-21-7-5-6-8-23(21)37-24/h5-12,18,26H,2,4,13-16H2,1,3H3,(H,31,32)(H,33,34)/t18?,26?,29-/m1/s1. The molecule has 2 heterocycles. The summed E-state index contributed by atoms with van der Waals surface area (Å²) in [4.78, 5) is 30.7. The largest absolute Gasteiger partial charge is 0.485 e. The molecule has 2 aromatic carbocycles. The van der Waals surface area contributed by atoms with Crippen LogP contribution in [-0.4, -0.2) is 28.0 Å². The zero-order valence-corrected chi connectivity index (χ0v) is 22.6. The van der Waals surface area contributed by atoms with Crippen molar-refractivity contribution in [1.82, 2.24) is 10.3 Å². The molecule has 1 aliphatic carbocycles. The summed E-state index contributed by atoms with van der Waals surface area (Å²) in [6.07, 6.45) is 3.16. The van der Waals surface area contributed by atoms with Crippen LogP contribution in [0.3, 0.4) is 0 Å². The van der Waals surface area contributed by atoms with Crippen molar-refractivity contribution < 1.29 is 19.4 Å². The van der Waals surface area contributed by atoms with E-state index < -0.39 is 23.3 Å². The number of benzene rings is 2. The van der Waals surface area contributed by atoms with Crippen molar-refractivity contribution in [3.63, 3.8) is 0 Å². The van der Waals surface area contributed by atoms with Crippen LogP contribution in [-0.2, 0) is 11.4 Å². The van der Waals surface area contributed by atoms with Crippen molar-refractivity contribution in [1.29, 1.82) is 0 Å². The number of hydrogen-bond donors (Lipinski definition) is 2. The zero-order valence-electron chi connectivity index (χ0n) is 21.0. The number of nitrogens with one attached hydrogen (secondary N) is 1. The number of rotatable bonds is 8. The molecule has 0 aliphatic heterocycles. The molecule has 0 radical (unpaired) electrons. The van der Waals surface area contributed by atoms with Crippen LogP contribution in [0.4, 0.5) is 0 Å². The Morgan fingerprint density at radius 3 is 2.81 bits per heavy atom. The van der Waals surface area contributed by atoms with E-state index in [2.05, 4.69) is 23.8 Å². The highest BCUT2D eigenvalue weighted by molar-refractivity contribution is 7.18. The highest BCUT2D eigenvalue weighted by Crippen LogP contribution is 2.45. The Kier molecular flexibility index (Phi) is 7.05. The van der Waals surface area contributed by atoms with E-state index in [1.807, 2.05) is 48.7 Å². The number of aromatic nitrogens is 1. The number of ether oxygens (including phenoxy) is 1. The normalized spacial score (nSPS) is 20.7. The average Bonchev–Trinajstić information content (AvgIpc) is 3.51. The summed E-state index contributed by atoms with van der Waals surface area (Å²) in [5.41, 5.74) is 1.66. The van der Waals surface area contributed by atoms with Crippen molar-refractivity contribution >= 4 is 54.9 Å². The topological polar surface area (TPSA) is 88.5 Å². The first-order valence-corrected chi connectivity index (χ1v) is 14.1. The summed E-state index contributed by atoms with van der Waals surface area (Å²) in [6.45, 7) is 8.45. The lowest BCUT2D eigenvalue weighted by atomic mass is 9.64. The minimum absolute atomic E-state index is 0.215. The molecule has 0 spiro atoms. The van der Waals surface area contributed by atoms with Gasteiger partial charge in [-0.3, -0.25) is 4.79 Å². The van der Waals surface area contributed by atoms with Gasteiger partial charge in [-0.15, -0.1) is 22.7 Å². The number of nitrogens with zero attached hydrogens (tertiary/aromatic N) is 1. The Balaban J connectivity index is 1.43. The first-order chi connectivity index (χ1) is 17.8. The smallest absolute Gasteiger partial charge is 0.326 e. The van der Waals surface area contributed by atoms with Crippen LogP contribution < -0.4 is 10.1 Å². The van der Waals surface area contributed by atoms with Gasteiger partial charge in [-0.05, 0) is 60.9 Å². The lowest BCUT2D eigenvalue weighted by Crippen LogP contribution is -2.53. The third-order valence-corrected chi connectivity index (χ3v) is 9.18. The van der Waals surface area contributed by atoms with Crippen molar-refractivity contribution in [3.8, 4) is 5.75 Å². The highest BCUT2D eigenvalue weighted by Gasteiger charge is 2.44. The molecule has 4 aromatic rings. The van der Waals surface area contributed by atoms with Gasteiger partial charge in [0.25, 0.3) is 5.91 Å². The van der Waals surface area contributed by atoms with Crippen molar-refractivity contribution in [3.05, 3.63) is 70.6 Å². The number of amides is 1. The number of allylic oxidation sites excluding steroid dienone is 1. The minimum Gasteiger partial charge on any atom is -0.485 e. The summed E-state index contributed by atoms with van der Waals surface area (Å²) < 4.78 is 8.31. The van der Waals surface area contributed by atoms with Crippen LogP contribution in [0.25, 0.3) is 20.3 Å². The molecule has 1 saturated carbocycles. The molecule has 0 saturated heterocycles. The second-order valence-corrected chi connectivity index (χ2v) is 12.2. The van der Waals surface area contributed by atoms with Gasteiger partial charge in [0.05, 0.1) is 15.8 Å². The molecule has 2 N–H and O–H groups in total. The molecular formula is C29H30N2O4S2. The fraction of sp³-hybridized carbons (Fsp3) is 0.345. The highest BCUT2D eigenvalue weighted by atomic mass is 32.1.